The molecule has 4 aromatic rings. The molecule has 182 valence electrons. The Hall–Kier alpha value is -3.30. The molecular formula is C26H26N2O5S2. The second-order valence-corrected chi connectivity index (χ2v) is 12.3. The smallest absolute Gasteiger partial charge is 0.196 e. The molecule has 3 heterocycles. The number of hydrogen-bond acceptors (Lipinski definition) is 6. The van der Waals surface area contributed by atoms with E-state index in [0.29, 0.717) is 12.0 Å². The summed E-state index contributed by atoms with van der Waals surface area (Å²) in [5.41, 5.74) is 1.91. The molecule has 0 bridgehead atoms. The molecule has 0 aliphatic rings. The Labute approximate surface area is 205 Å². The SMILES string of the molecule is CCCS(=O)(=O)c1c(C(=O)c2ccccc2)c2cc(-c3ccncc3)ccn2c1S(=O)(=O)CCC. The summed E-state index contributed by atoms with van der Waals surface area (Å²) in [6.07, 6.45) is 5.37. The summed E-state index contributed by atoms with van der Waals surface area (Å²) in [5, 5.41) is -0.344. The molecule has 0 radical (unpaired) electrons. The van der Waals surface area contributed by atoms with Crippen molar-refractivity contribution in [3.05, 3.63) is 84.3 Å². The van der Waals surface area contributed by atoms with Crippen LogP contribution in [0.2, 0.25) is 0 Å². The van der Waals surface area contributed by atoms with Gasteiger partial charge >= 0.3 is 0 Å². The average Bonchev–Trinajstić information content (AvgIpc) is 3.21. The van der Waals surface area contributed by atoms with Crippen LogP contribution in [0.3, 0.4) is 0 Å². The molecule has 7 nitrogen and oxygen atoms in total. The van der Waals surface area contributed by atoms with Gasteiger partial charge in [-0.1, -0.05) is 44.2 Å². The Morgan fingerprint density at radius 3 is 2.09 bits per heavy atom. The van der Waals surface area contributed by atoms with Crippen molar-refractivity contribution in [1.82, 2.24) is 9.38 Å². The highest BCUT2D eigenvalue weighted by Crippen LogP contribution is 2.36. The quantitative estimate of drug-likeness (QED) is 0.305. The molecule has 0 spiro atoms. The van der Waals surface area contributed by atoms with Crippen molar-refractivity contribution in [3.8, 4) is 11.1 Å². The summed E-state index contributed by atoms with van der Waals surface area (Å²) in [6, 6.07) is 15.3. The van der Waals surface area contributed by atoms with Gasteiger partial charge in [0.1, 0.15) is 4.90 Å². The number of carbonyl (C=O) groups excluding carboxylic acids is 1. The third-order valence-corrected chi connectivity index (χ3v) is 9.71. The van der Waals surface area contributed by atoms with Gasteiger partial charge in [-0.05, 0) is 48.2 Å². The van der Waals surface area contributed by atoms with Crippen LogP contribution in [0.25, 0.3) is 16.6 Å². The summed E-state index contributed by atoms with van der Waals surface area (Å²) < 4.78 is 55.3. The monoisotopic (exact) mass is 510 g/mol. The predicted octanol–water partition coefficient (Wildman–Crippen LogP) is 4.60. The molecule has 35 heavy (non-hydrogen) atoms. The van der Waals surface area contributed by atoms with Gasteiger partial charge in [0, 0.05) is 24.2 Å². The molecule has 1 aromatic carbocycles. The number of aromatic nitrogens is 2. The molecule has 9 heteroatoms. The van der Waals surface area contributed by atoms with E-state index >= 15 is 0 Å². The number of carbonyl (C=O) groups is 1. The van der Waals surface area contributed by atoms with Gasteiger partial charge in [0.15, 0.2) is 30.5 Å². The third kappa shape index (κ3) is 4.66. The van der Waals surface area contributed by atoms with Gasteiger partial charge in [-0.2, -0.15) is 0 Å². The first kappa shape index (κ1) is 24.8. The lowest BCUT2D eigenvalue weighted by Gasteiger charge is -2.09. The summed E-state index contributed by atoms with van der Waals surface area (Å²) in [5.74, 6) is -1.05. The first-order valence-corrected chi connectivity index (χ1v) is 14.7. The molecule has 0 saturated carbocycles. The van der Waals surface area contributed by atoms with Crippen molar-refractivity contribution in [3.63, 3.8) is 0 Å². The number of pyridine rings is 2. The summed E-state index contributed by atoms with van der Waals surface area (Å²) in [6.45, 7) is 3.42. The van der Waals surface area contributed by atoms with E-state index in [0.717, 1.165) is 5.56 Å². The molecule has 0 aliphatic heterocycles. The molecule has 0 unspecified atom stereocenters. The van der Waals surface area contributed by atoms with Crippen LogP contribution in [0.4, 0.5) is 0 Å². The Kier molecular flexibility index (Phi) is 6.91. The molecule has 0 atom stereocenters. The zero-order chi connectivity index (χ0) is 25.2. The lowest BCUT2D eigenvalue weighted by atomic mass is 10.0. The van der Waals surface area contributed by atoms with Crippen molar-refractivity contribution in [1.29, 1.82) is 0 Å². The lowest BCUT2D eigenvalue weighted by Crippen LogP contribution is -2.17. The maximum atomic E-state index is 13.8. The van der Waals surface area contributed by atoms with Crippen molar-refractivity contribution in [2.24, 2.45) is 0 Å². The van der Waals surface area contributed by atoms with Crippen molar-refractivity contribution < 1.29 is 21.6 Å². The Morgan fingerprint density at radius 1 is 0.829 bits per heavy atom. The minimum absolute atomic E-state index is 0.116. The van der Waals surface area contributed by atoms with Gasteiger partial charge in [0.25, 0.3) is 0 Å². The van der Waals surface area contributed by atoms with Gasteiger partial charge in [0.05, 0.1) is 22.6 Å². The fourth-order valence-corrected chi connectivity index (χ4v) is 8.15. The first-order valence-electron chi connectivity index (χ1n) is 11.3. The standard InChI is InChI=1S/C26H26N2O5S2/c1-3-16-34(30,31)25-23(24(29)20-8-6-5-7-9-20)22-18-21(19-10-13-27-14-11-19)12-15-28(22)26(25)35(32,33)17-4-2/h5-15,18H,3-4,16-17H2,1-2H3. The first-order chi connectivity index (χ1) is 16.7. The molecule has 4 rings (SSSR count). The molecule has 0 aliphatic carbocycles. The van der Waals surface area contributed by atoms with Gasteiger partial charge < -0.3 is 4.40 Å². The Morgan fingerprint density at radius 2 is 1.46 bits per heavy atom. The highest BCUT2D eigenvalue weighted by molar-refractivity contribution is 7.94. The van der Waals surface area contributed by atoms with Crippen LogP contribution in [-0.2, 0) is 19.7 Å². The number of ketones is 1. The highest BCUT2D eigenvalue weighted by Gasteiger charge is 2.37. The van der Waals surface area contributed by atoms with Gasteiger partial charge in [0.2, 0.25) is 0 Å². The van der Waals surface area contributed by atoms with Gasteiger partial charge in [-0.3, -0.25) is 9.78 Å². The highest BCUT2D eigenvalue weighted by atomic mass is 32.2. The summed E-state index contributed by atoms with van der Waals surface area (Å²) in [7, 11) is -8.12. The van der Waals surface area contributed by atoms with E-state index in [1.807, 2.05) is 0 Å². The van der Waals surface area contributed by atoms with Crippen molar-refractivity contribution >= 4 is 31.0 Å². The van der Waals surface area contributed by atoms with Crippen molar-refractivity contribution in [2.75, 3.05) is 11.5 Å². The zero-order valence-electron chi connectivity index (χ0n) is 19.5. The molecule has 0 saturated heterocycles. The van der Waals surface area contributed by atoms with E-state index in [2.05, 4.69) is 4.98 Å². The minimum atomic E-state index is -4.10. The fourth-order valence-electron chi connectivity index (χ4n) is 4.20. The maximum Gasteiger partial charge on any atom is 0.196 e. The molecule has 0 amide bonds. The zero-order valence-corrected chi connectivity index (χ0v) is 21.1. The van der Waals surface area contributed by atoms with Crippen molar-refractivity contribution in [2.45, 2.75) is 36.6 Å². The van der Waals surface area contributed by atoms with E-state index in [-0.39, 0.29) is 39.6 Å². The fraction of sp³-hybridized carbons (Fsp3) is 0.231. The Balaban J connectivity index is 2.18. The number of hydrogen-bond donors (Lipinski definition) is 0. The van der Waals surface area contributed by atoms with Crippen LogP contribution < -0.4 is 0 Å². The van der Waals surface area contributed by atoms with E-state index in [1.54, 1.807) is 80.8 Å². The number of rotatable bonds is 9. The van der Waals surface area contributed by atoms with Crippen LogP contribution >= 0.6 is 0 Å². The lowest BCUT2D eigenvalue weighted by molar-refractivity contribution is 0.103. The number of sulfone groups is 2. The topological polar surface area (TPSA) is 103 Å². The predicted molar refractivity (Wildman–Crippen MR) is 135 cm³/mol. The molecule has 0 fully saturated rings. The second kappa shape index (κ2) is 9.75. The minimum Gasteiger partial charge on any atom is -0.306 e. The van der Waals surface area contributed by atoms with Crippen LogP contribution in [0.5, 0.6) is 0 Å². The molecule has 3 aromatic heterocycles. The van der Waals surface area contributed by atoms with Gasteiger partial charge in [-0.15, -0.1) is 0 Å². The van der Waals surface area contributed by atoms with E-state index in [9.17, 15) is 21.6 Å². The Bertz CT molecular complexity index is 1590. The average molecular weight is 511 g/mol. The second-order valence-electron chi connectivity index (χ2n) is 8.25. The molecule has 0 N–H and O–H groups in total. The molecular weight excluding hydrogens is 484 g/mol. The van der Waals surface area contributed by atoms with E-state index < -0.39 is 30.4 Å². The summed E-state index contributed by atoms with van der Waals surface area (Å²) >= 11 is 0. The number of fused-ring (bicyclic) bond motifs is 1. The van der Waals surface area contributed by atoms with Gasteiger partial charge in [-0.25, -0.2) is 16.8 Å². The third-order valence-electron chi connectivity index (χ3n) is 5.68. The number of nitrogens with zero attached hydrogens (tertiary/aromatic N) is 2. The normalized spacial score (nSPS) is 12.2. The van der Waals surface area contributed by atoms with Crippen LogP contribution in [0, 0.1) is 0 Å². The maximum absolute atomic E-state index is 13.8. The van der Waals surface area contributed by atoms with Crippen LogP contribution in [0.1, 0.15) is 42.6 Å². The number of benzene rings is 1. The largest absolute Gasteiger partial charge is 0.306 e. The van der Waals surface area contributed by atoms with Crippen LogP contribution in [-0.4, -0.2) is 43.5 Å². The van der Waals surface area contributed by atoms with Crippen LogP contribution in [0.15, 0.2) is 83.1 Å². The van der Waals surface area contributed by atoms with E-state index in [4.69, 9.17) is 0 Å². The van der Waals surface area contributed by atoms with E-state index in [1.165, 1.54) is 10.6 Å². The summed E-state index contributed by atoms with van der Waals surface area (Å²) in [4.78, 5) is 17.4.